The van der Waals surface area contributed by atoms with Gasteiger partial charge in [0.2, 0.25) is 0 Å². The van der Waals surface area contributed by atoms with Gasteiger partial charge in [0.25, 0.3) is 5.56 Å². The number of hydrogen-bond donors (Lipinski definition) is 2. The second kappa shape index (κ2) is 6.94. The maximum atomic E-state index is 12.9. The van der Waals surface area contributed by atoms with Crippen molar-refractivity contribution < 1.29 is 14.6 Å². The van der Waals surface area contributed by atoms with Crippen molar-refractivity contribution in [2.75, 3.05) is 20.2 Å². The number of rotatable bonds is 5. The lowest BCUT2D eigenvalue weighted by Gasteiger charge is -2.16. The fourth-order valence-electron chi connectivity index (χ4n) is 3.03. The van der Waals surface area contributed by atoms with Gasteiger partial charge in [0.05, 0.1) is 18.4 Å². The summed E-state index contributed by atoms with van der Waals surface area (Å²) in [5.41, 5.74) is -1.29. The number of benzene rings is 1. The number of nitrogens with one attached hydrogen (secondary N) is 1. The Kier molecular flexibility index (Phi) is 4.71. The largest absolute Gasteiger partial charge is 0.497 e. The number of nitrogens with zero attached hydrogens (tertiary/aromatic N) is 2. The predicted octanol–water partition coefficient (Wildman–Crippen LogP) is 0.828. The monoisotopic (exact) mass is 345 g/mol. The van der Waals surface area contributed by atoms with E-state index in [1.807, 2.05) is 4.90 Å². The third-order valence-electron chi connectivity index (χ3n) is 4.32. The Labute approximate surface area is 143 Å². The van der Waals surface area contributed by atoms with E-state index in [2.05, 4.69) is 4.98 Å². The van der Waals surface area contributed by atoms with Crippen molar-refractivity contribution in [2.45, 2.75) is 19.4 Å². The van der Waals surface area contributed by atoms with Crippen molar-refractivity contribution in [1.82, 2.24) is 14.5 Å². The van der Waals surface area contributed by atoms with Crippen molar-refractivity contribution in [2.24, 2.45) is 0 Å². The smallest absolute Gasteiger partial charge is 0.352 e. The van der Waals surface area contributed by atoms with E-state index in [1.54, 1.807) is 24.3 Å². The van der Waals surface area contributed by atoms with Crippen molar-refractivity contribution in [3.63, 3.8) is 0 Å². The van der Waals surface area contributed by atoms with Crippen molar-refractivity contribution in [1.29, 1.82) is 0 Å². The number of ether oxygens (including phenoxy) is 1. The van der Waals surface area contributed by atoms with Crippen molar-refractivity contribution >= 4 is 5.97 Å². The predicted molar refractivity (Wildman–Crippen MR) is 90.7 cm³/mol. The first-order chi connectivity index (χ1) is 12.0. The fourth-order valence-corrected chi connectivity index (χ4v) is 3.03. The average Bonchev–Trinajstić information content (AvgIpc) is 3.11. The second-order valence-corrected chi connectivity index (χ2v) is 5.91. The molecule has 2 aromatic rings. The van der Waals surface area contributed by atoms with Gasteiger partial charge in [-0.3, -0.25) is 9.69 Å². The molecule has 132 valence electrons. The molecule has 0 spiro atoms. The summed E-state index contributed by atoms with van der Waals surface area (Å²) in [5, 5.41) is 9.36. The van der Waals surface area contributed by atoms with Gasteiger partial charge in [-0.2, -0.15) is 0 Å². The molecule has 0 aliphatic carbocycles. The van der Waals surface area contributed by atoms with Crippen LogP contribution in [0.5, 0.6) is 5.75 Å². The van der Waals surface area contributed by atoms with Crippen molar-refractivity contribution in [3.05, 3.63) is 56.4 Å². The second-order valence-electron chi connectivity index (χ2n) is 5.91. The molecule has 1 aliphatic heterocycles. The van der Waals surface area contributed by atoms with Gasteiger partial charge in [-0.15, -0.1) is 0 Å². The Morgan fingerprint density at radius 3 is 2.40 bits per heavy atom. The molecule has 8 nitrogen and oxygen atoms in total. The lowest BCUT2D eigenvalue weighted by Crippen LogP contribution is -2.40. The molecule has 3 rings (SSSR count). The van der Waals surface area contributed by atoms with Gasteiger partial charge in [-0.05, 0) is 50.2 Å². The van der Waals surface area contributed by atoms with Crippen LogP contribution >= 0.6 is 0 Å². The molecule has 2 heterocycles. The standard InChI is InChI=1S/C17H19N3O5/c1-25-12-6-4-11(5-7-12)20-15(21)13(10-19-8-2-3-9-19)14(16(22)23)18-17(20)24/h4-7H,2-3,8-10H2,1H3,(H,18,24)(H,22,23). The molecule has 0 bridgehead atoms. The van der Waals surface area contributed by atoms with E-state index in [-0.39, 0.29) is 17.8 Å². The van der Waals surface area contributed by atoms with Gasteiger partial charge in [0, 0.05) is 6.54 Å². The highest BCUT2D eigenvalue weighted by Crippen LogP contribution is 2.15. The van der Waals surface area contributed by atoms with E-state index in [0.717, 1.165) is 30.5 Å². The number of hydrogen-bond acceptors (Lipinski definition) is 5. The van der Waals surface area contributed by atoms with Crippen LogP contribution in [-0.2, 0) is 6.54 Å². The number of aromatic amines is 1. The normalized spacial score (nSPS) is 14.6. The topological polar surface area (TPSA) is 105 Å². The fraction of sp³-hybridized carbons (Fsp3) is 0.353. The summed E-state index contributed by atoms with van der Waals surface area (Å²) in [5.74, 6) is -0.724. The number of aromatic carboxylic acids is 1. The van der Waals surface area contributed by atoms with Crippen LogP contribution in [0.4, 0.5) is 0 Å². The van der Waals surface area contributed by atoms with E-state index in [9.17, 15) is 19.5 Å². The lowest BCUT2D eigenvalue weighted by molar-refractivity contribution is 0.0687. The van der Waals surface area contributed by atoms with Crippen LogP contribution in [-0.4, -0.2) is 45.7 Å². The molecule has 0 atom stereocenters. The minimum absolute atomic E-state index is 0.0878. The molecule has 1 aromatic heterocycles. The summed E-state index contributed by atoms with van der Waals surface area (Å²) in [6, 6.07) is 6.42. The van der Waals surface area contributed by atoms with E-state index in [4.69, 9.17) is 4.74 Å². The van der Waals surface area contributed by atoms with Gasteiger partial charge in [0.1, 0.15) is 11.4 Å². The van der Waals surface area contributed by atoms with Crippen LogP contribution < -0.4 is 16.0 Å². The number of carboxylic acid groups (broad SMARTS) is 1. The Hall–Kier alpha value is -2.87. The number of H-pyrrole nitrogens is 1. The highest BCUT2D eigenvalue weighted by molar-refractivity contribution is 5.86. The highest BCUT2D eigenvalue weighted by atomic mass is 16.5. The summed E-state index contributed by atoms with van der Waals surface area (Å²) in [6.07, 6.45) is 2.02. The van der Waals surface area contributed by atoms with Crippen molar-refractivity contribution in [3.8, 4) is 11.4 Å². The minimum Gasteiger partial charge on any atom is -0.497 e. The molecule has 1 fully saturated rings. The van der Waals surface area contributed by atoms with Crippen LogP contribution in [0, 0.1) is 0 Å². The zero-order chi connectivity index (χ0) is 18.0. The zero-order valence-corrected chi connectivity index (χ0v) is 13.8. The molecule has 0 saturated carbocycles. The Morgan fingerprint density at radius 2 is 1.84 bits per heavy atom. The first-order valence-electron chi connectivity index (χ1n) is 7.99. The SMILES string of the molecule is COc1ccc(-n2c(=O)[nH]c(C(=O)O)c(CN3CCCC3)c2=O)cc1. The first-order valence-corrected chi connectivity index (χ1v) is 7.99. The van der Waals surface area contributed by atoms with Crippen LogP contribution in [0.2, 0.25) is 0 Å². The van der Waals surface area contributed by atoms with Gasteiger partial charge in [-0.25, -0.2) is 14.2 Å². The lowest BCUT2D eigenvalue weighted by atomic mass is 10.2. The molecule has 0 radical (unpaired) electrons. The minimum atomic E-state index is -1.31. The van der Waals surface area contributed by atoms with Crippen LogP contribution in [0.1, 0.15) is 28.9 Å². The van der Waals surface area contributed by atoms with Gasteiger partial charge < -0.3 is 14.8 Å². The van der Waals surface area contributed by atoms with E-state index < -0.39 is 17.2 Å². The van der Waals surface area contributed by atoms with Gasteiger partial charge in [0.15, 0.2) is 0 Å². The molecular formula is C17H19N3O5. The van der Waals surface area contributed by atoms with E-state index in [0.29, 0.717) is 11.4 Å². The van der Waals surface area contributed by atoms with Crippen LogP contribution in [0.3, 0.4) is 0 Å². The highest BCUT2D eigenvalue weighted by Gasteiger charge is 2.23. The van der Waals surface area contributed by atoms with Gasteiger partial charge in [-0.1, -0.05) is 0 Å². The Morgan fingerprint density at radius 1 is 1.20 bits per heavy atom. The first kappa shape index (κ1) is 17.0. The molecule has 1 saturated heterocycles. The summed E-state index contributed by atoms with van der Waals surface area (Å²) in [7, 11) is 1.52. The number of carboxylic acids is 1. The molecule has 8 heteroatoms. The number of carbonyl (C=O) groups is 1. The molecular weight excluding hydrogens is 326 g/mol. The number of methoxy groups -OCH3 is 1. The molecule has 1 aliphatic rings. The average molecular weight is 345 g/mol. The Balaban J connectivity index is 2.13. The third-order valence-corrected chi connectivity index (χ3v) is 4.32. The summed E-state index contributed by atoms with van der Waals surface area (Å²) in [4.78, 5) is 41.0. The molecule has 0 amide bonds. The van der Waals surface area contributed by atoms with Gasteiger partial charge >= 0.3 is 11.7 Å². The van der Waals surface area contributed by atoms with E-state index in [1.165, 1.54) is 7.11 Å². The molecule has 25 heavy (non-hydrogen) atoms. The maximum absolute atomic E-state index is 12.9. The third kappa shape index (κ3) is 3.34. The summed E-state index contributed by atoms with van der Waals surface area (Å²) in [6.45, 7) is 1.81. The van der Waals surface area contributed by atoms with E-state index >= 15 is 0 Å². The van der Waals surface area contributed by atoms with Crippen LogP contribution in [0.25, 0.3) is 5.69 Å². The molecule has 1 aromatic carbocycles. The van der Waals surface area contributed by atoms with Crippen LogP contribution in [0.15, 0.2) is 33.9 Å². The summed E-state index contributed by atoms with van der Waals surface area (Å²) >= 11 is 0. The Bertz CT molecular complexity index is 892. The molecule has 2 N–H and O–H groups in total. The zero-order valence-electron chi connectivity index (χ0n) is 13.8. The number of aromatic nitrogens is 2. The molecule has 0 unspecified atom stereocenters. The summed E-state index contributed by atoms with van der Waals surface area (Å²) < 4.78 is 6.03. The number of likely N-dealkylation sites (tertiary alicyclic amines) is 1. The quantitative estimate of drug-likeness (QED) is 0.832. The maximum Gasteiger partial charge on any atom is 0.352 e.